The van der Waals surface area contributed by atoms with Crippen LogP contribution in [-0.4, -0.2) is 16.7 Å². The summed E-state index contributed by atoms with van der Waals surface area (Å²) in [6.07, 6.45) is 1.60. The van der Waals surface area contributed by atoms with Gasteiger partial charge in [-0.05, 0) is 36.5 Å². The Labute approximate surface area is 126 Å². The number of aryl methyl sites for hydroxylation is 1. The van der Waals surface area contributed by atoms with Gasteiger partial charge < -0.3 is 9.84 Å². The molecule has 0 saturated heterocycles. The maximum absolute atomic E-state index is 13.2. The Kier molecular flexibility index (Phi) is 4.49. The number of hydrogen-bond acceptors (Lipinski definition) is 3. The molecule has 1 aliphatic heterocycles. The summed E-state index contributed by atoms with van der Waals surface area (Å²) >= 11 is 0. The number of aliphatic hydroxyl groups is 1. The van der Waals surface area contributed by atoms with Gasteiger partial charge in [-0.1, -0.05) is 13.8 Å². The van der Waals surface area contributed by atoms with Crippen LogP contribution in [0, 0.1) is 23.4 Å². The first-order valence-corrected chi connectivity index (χ1v) is 6.99. The van der Waals surface area contributed by atoms with Crippen LogP contribution in [0.2, 0.25) is 0 Å². The average molecular weight is 314 g/mol. The van der Waals surface area contributed by atoms with E-state index in [1.54, 1.807) is 0 Å². The van der Waals surface area contributed by atoms with Crippen molar-refractivity contribution >= 4 is 5.97 Å². The Hall–Kier alpha value is -1.98. The van der Waals surface area contributed by atoms with E-state index >= 15 is 0 Å². The standard InChI is InChI=1S/C16H17F3O3/c1-9(2)16(8-11(20)7-14(21)22-16)4-3-10-5-12(17)15(19)13(18)6-10/h5-7,9,20H,3-4,8H2,1-2H3. The SMILES string of the molecule is CC(C)C1(CCc2cc(F)c(F)c(F)c2)CC(O)=CC(=O)O1. The van der Waals surface area contributed by atoms with Gasteiger partial charge in [0.25, 0.3) is 0 Å². The minimum absolute atomic E-state index is 0.0820. The number of carbonyl (C=O) groups is 1. The molecule has 1 N–H and O–H groups in total. The van der Waals surface area contributed by atoms with E-state index in [0.717, 1.165) is 18.2 Å². The highest BCUT2D eigenvalue weighted by Gasteiger charge is 2.41. The summed E-state index contributed by atoms with van der Waals surface area (Å²) in [7, 11) is 0. The van der Waals surface area contributed by atoms with Gasteiger partial charge in [-0.3, -0.25) is 0 Å². The lowest BCUT2D eigenvalue weighted by atomic mass is 9.80. The van der Waals surface area contributed by atoms with Gasteiger partial charge in [-0.2, -0.15) is 0 Å². The zero-order chi connectivity index (χ0) is 16.5. The van der Waals surface area contributed by atoms with Crippen molar-refractivity contribution in [2.45, 2.75) is 38.7 Å². The number of aliphatic hydroxyl groups excluding tert-OH is 1. The molecule has 0 fully saturated rings. The third-order valence-electron chi connectivity index (χ3n) is 4.00. The van der Waals surface area contributed by atoms with Crippen LogP contribution in [0.4, 0.5) is 13.2 Å². The fraction of sp³-hybridized carbons (Fsp3) is 0.438. The summed E-state index contributed by atoms with van der Waals surface area (Å²) in [6, 6.07) is 1.85. The molecule has 1 atom stereocenters. The highest BCUT2D eigenvalue weighted by atomic mass is 19.2. The van der Waals surface area contributed by atoms with Crippen LogP contribution in [0.1, 0.15) is 32.3 Å². The average Bonchev–Trinajstić information content (AvgIpc) is 2.41. The van der Waals surface area contributed by atoms with E-state index in [2.05, 4.69) is 0 Å². The van der Waals surface area contributed by atoms with E-state index in [1.807, 2.05) is 13.8 Å². The summed E-state index contributed by atoms with van der Waals surface area (Å²) in [5.41, 5.74) is -0.682. The van der Waals surface area contributed by atoms with E-state index < -0.39 is 29.0 Å². The highest BCUT2D eigenvalue weighted by Crippen LogP contribution is 2.36. The molecule has 1 aromatic carbocycles. The lowest BCUT2D eigenvalue weighted by Gasteiger charge is -2.39. The van der Waals surface area contributed by atoms with Gasteiger partial charge >= 0.3 is 5.97 Å². The van der Waals surface area contributed by atoms with Crippen LogP contribution in [-0.2, 0) is 16.0 Å². The van der Waals surface area contributed by atoms with Crippen molar-refractivity contribution < 1.29 is 27.8 Å². The fourth-order valence-corrected chi connectivity index (χ4v) is 2.62. The van der Waals surface area contributed by atoms with E-state index in [9.17, 15) is 23.1 Å². The van der Waals surface area contributed by atoms with E-state index in [-0.39, 0.29) is 36.5 Å². The van der Waals surface area contributed by atoms with Crippen molar-refractivity contribution in [1.29, 1.82) is 0 Å². The molecule has 1 aromatic rings. The number of esters is 1. The quantitative estimate of drug-likeness (QED) is 0.679. The van der Waals surface area contributed by atoms with Crippen LogP contribution < -0.4 is 0 Å². The normalized spacial score (nSPS) is 21.7. The molecule has 0 bridgehead atoms. The lowest BCUT2D eigenvalue weighted by molar-refractivity contribution is -0.163. The summed E-state index contributed by atoms with van der Waals surface area (Å²) in [6.45, 7) is 3.66. The molecule has 0 aromatic heterocycles. The predicted molar refractivity (Wildman–Crippen MR) is 73.6 cm³/mol. The smallest absolute Gasteiger partial charge is 0.334 e. The Morgan fingerprint density at radius 2 is 1.86 bits per heavy atom. The van der Waals surface area contributed by atoms with Gasteiger partial charge in [0.2, 0.25) is 0 Å². The zero-order valence-electron chi connectivity index (χ0n) is 12.3. The predicted octanol–water partition coefficient (Wildman–Crippen LogP) is 3.82. The molecule has 6 heteroatoms. The summed E-state index contributed by atoms with van der Waals surface area (Å²) in [5, 5.41) is 9.68. The third-order valence-corrected chi connectivity index (χ3v) is 4.00. The number of benzene rings is 1. The Morgan fingerprint density at radius 3 is 2.36 bits per heavy atom. The van der Waals surface area contributed by atoms with E-state index in [1.165, 1.54) is 0 Å². The molecule has 0 amide bonds. The summed E-state index contributed by atoms with van der Waals surface area (Å²) in [4.78, 5) is 11.5. The van der Waals surface area contributed by atoms with Crippen LogP contribution >= 0.6 is 0 Å². The monoisotopic (exact) mass is 314 g/mol. The Morgan fingerprint density at radius 1 is 1.27 bits per heavy atom. The zero-order valence-corrected chi connectivity index (χ0v) is 12.3. The molecule has 1 aliphatic rings. The minimum Gasteiger partial charge on any atom is -0.512 e. The number of cyclic esters (lactones) is 1. The number of ether oxygens (including phenoxy) is 1. The molecule has 0 radical (unpaired) electrons. The number of rotatable bonds is 4. The van der Waals surface area contributed by atoms with Crippen LogP contribution in [0.25, 0.3) is 0 Å². The minimum atomic E-state index is -1.51. The third kappa shape index (κ3) is 3.26. The highest BCUT2D eigenvalue weighted by molar-refractivity contribution is 5.83. The Balaban J connectivity index is 2.20. The largest absolute Gasteiger partial charge is 0.512 e. The number of carbonyl (C=O) groups excluding carboxylic acids is 1. The first-order chi connectivity index (χ1) is 10.2. The molecule has 1 heterocycles. The lowest BCUT2D eigenvalue weighted by Crippen LogP contribution is -2.43. The molecule has 3 nitrogen and oxygen atoms in total. The van der Waals surface area contributed by atoms with Gasteiger partial charge in [0.15, 0.2) is 17.5 Å². The first-order valence-electron chi connectivity index (χ1n) is 6.99. The van der Waals surface area contributed by atoms with E-state index in [4.69, 9.17) is 4.74 Å². The topological polar surface area (TPSA) is 46.5 Å². The van der Waals surface area contributed by atoms with Crippen molar-refractivity contribution in [2.24, 2.45) is 5.92 Å². The van der Waals surface area contributed by atoms with Gasteiger partial charge in [-0.25, -0.2) is 18.0 Å². The van der Waals surface area contributed by atoms with Gasteiger partial charge in [0, 0.05) is 6.42 Å². The van der Waals surface area contributed by atoms with Crippen LogP contribution in [0.3, 0.4) is 0 Å². The molecular formula is C16H17F3O3. The van der Waals surface area contributed by atoms with Crippen molar-refractivity contribution in [3.63, 3.8) is 0 Å². The van der Waals surface area contributed by atoms with Gasteiger partial charge in [0.1, 0.15) is 11.4 Å². The van der Waals surface area contributed by atoms with Gasteiger partial charge in [0.05, 0.1) is 6.08 Å². The second kappa shape index (κ2) is 6.02. The molecule has 0 spiro atoms. The molecule has 1 unspecified atom stereocenters. The summed E-state index contributed by atoms with van der Waals surface area (Å²) < 4.78 is 44.8. The molecule has 2 rings (SSSR count). The summed E-state index contributed by atoms with van der Waals surface area (Å²) in [5.74, 6) is -4.85. The van der Waals surface area contributed by atoms with Crippen LogP contribution in [0.5, 0.6) is 0 Å². The molecule has 120 valence electrons. The maximum atomic E-state index is 13.2. The molecule has 0 aliphatic carbocycles. The van der Waals surface area contributed by atoms with Gasteiger partial charge in [-0.15, -0.1) is 0 Å². The van der Waals surface area contributed by atoms with Crippen LogP contribution in [0.15, 0.2) is 24.0 Å². The molecule has 22 heavy (non-hydrogen) atoms. The fourth-order valence-electron chi connectivity index (χ4n) is 2.62. The number of halogens is 3. The van der Waals surface area contributed by atoms with Crippen molar-refractivity contribution in [1.82, 2.24) is 0 Å². The molecule has 0 saturated carbocycles. The van der Waals surface area contributed by atoms with Crippen molar-refractivity contribution in [2.75, 3.05) is 0 Å². The van der Waals surface area contributed by atoms with Crippen molar-refractivity contribution in [3.8, 4) is 0 Å². The second-order valence-corrected chi connectivity index (χ2v) is 5.83. The number of hydrogen-bond donors (Lipinski definition) is 1. The van der Waals surface area contributed by atoms with Crippen molar-refractivity contribution in [3.05, 3.63) is 47.0 Å². The second-order valence-electron chi connectivity index (χ2n) is 5.83. The van der Waals surface area contributed by atoms with E-state index in [0.29, 0.717) is 0 Å². The molecular weight excluding hydrogens is 297 g/mol. The maximum Gasteiger partial charge on any atom is 0.334 e. The first kappa shape index (κ1) is 16.4. The Bertz CT molecular complexity index is 602.